The molecule has 1 fully saturated rings. The van der Waals surface area contributed by atoms with Crippen molar-refractivity contribution in [2.45, 2.75) is 25.7 Å². The lowest BCUT2D eigenvalue weighted by Crippen LogP contribution is -2.29. The molecule has 0 radical (unpaired) electrons. The van der Waals surface area contributed by atoms with E-state index >= 15 is 0 Å². The number of carbonyl (C=O) groups excluding carboxylic acids is 2. The first-order chi connectivity index (χ1) is 9.72. The van der Waals surface area contributed by atoms with Crippen LogP contribution in [0.4, 0.5) is 0 Å². The summed E-state index contributed by atoms with van der Waals surface area (Å²) < 4.78 is 0.811. The Morgan fingerprint density at radius 1 is 1.25 bits per heavy atom. The van der Waals surface area contributed by atoms with Gasteiger partial charge in [-0.15, -0.1) is 0 Å². The smallest absolute Gasteiger partial charge is 0.248 e. The Morgan fingerprint density at radius 2 is 2.05 bits per heavy atom. The monoisotopic (exact) mass is 312 g/mol. The molecule has 20 heavy (non-hydrogen) atoms. The summed E-state index contributed by atoms with van der Waals surface area (Å²) in [6.07, 6.45) is 3.49. The fourth-order valence-electron chi connectivity index (χ4n) is 2.30. The summed E-state index contributed by atoms with van der Waals surface area (Å²) in [5.41, 5.74) is 0. The molecule has 0 saturated carbocycles. The third kappa shape index (κ3) is 3.17. The highest BCUT2D eigenvalue weighted by atomic mass is 32.2. The average molecular weight is 312 g/mol. The topological polar surface area (TPSA) is 65.3 Å². The van der Waals surface area contributed by atoms with Gasteiger partial charge < -0.3 is 4.90 Å². The SMILES string of the molecule is O=C1CCCN2N=C(SCC(=O)N3CCCC3)SC2=N1. The number of likely N-dealkylation sites (tertiary alicyclic amines) is 1. The van der Waals surface area contributed by atoms with Gasteiger partial charge >= 0.3 is 0 Å². The van der Waals surface area contributed by atoms with Gasteiger partial charge in [-0.25, -0.2) is 5.01 Å². The fourth-order valence-corrected chi connectivity index (χ4v) is 4.20. The van der Waals surface area contributed by atoms with Crippen molar-refractivity contribution in [1.29, 1.82) is 0 Å². The van der Waals surface area contributed by atoms with E-state index in [0.717, 1.165) is 43.3 Å². The molecule has 8 heteroatoms. The fraction of sp³-hybridized carbons (Fsp3) is 0.667. The Balaban J connectivity index is 1.54. The van der Waals surface area contributed by atoms with E-state index in [1.54, 1.807) is 5.01 Å². The maximum atomic E-state index is 12.0. The normalized spacial score (nSPS) is 22.5. The summed E-state index contributed by atoms with van der Waals surface area (Å²) in [6.45, 7) is 2.49. The minimum Gasteiger partial charge on any atom is -0.342 e. The number of hydrazone groups is 1. The van der Waals surface area contributed by atoms with Crippen LogP contribution in [0.2, 0.25) is 0 Å². The number of amidine groups is 1. The summed E-state index contributed by atoms with van der Waals surface area (Å²) in [4.78, 5) is 29.3. The van der Waals surface area contributed by atoms with Crippen LogP contribution in [0.3, 0.4) is 0 Å². The van der Waals surface area contributed by atoms with Gasteiger partial charge in [-0.05, 0) is 31.0 Å². The second-order valence-corrected chi connectivity index (χ2v) is 7.04. The lowest BCUT2D eigenvalue weighted by atomic mass is 10.3. The van der Waals surface area contributed by atoms with Crippen LogP contribution >= 0.6 is 23.5 Å². The van der Waals surface area contributed by atoms with Crippen LogP contribution in [0.25, 0.3) is 0 Å². The molecule has 3 rings (SSSR count). The van der Waals surface area contributed by atoms with E-state index in [9.17, 15) is 9.59 Å². The third-order valence-corrected chi connectivity index (χ3v) is 5.42. The van der Waals surface area contributed by atoms with Crippen LogP contribution < -0.4 is 0 Å². The first-order valence-corrected chi connectivity index (χ1v) is 8.59. The number of nitrogens with zero attached hydrogens (tertiary/aromatic N) is 4. The molecule has 0 aliphatic carbocycles. The van der Waals surface area contributed by atoms with Crippen molar-refractivity contribution in [1.82, 2.24) is 9.91 Å². The van der Waals surface area contributed by atoms with Gasteiger partial charge in [0.2, 0.25) is 11.8 Å². The van der Waals surface area contributed by atoms with Crippen LogP contribution in [-0.2, 0) is 9.59 Å². The van der Waals surface area contributed by atoms with Gasteiger partial charge in [0.1, 0.15) is 0 Å². The van der Waals surface area contributed by atoms with Crippen molar-refractivity contribution < 1.29 is 9.59 Å². The van der Waals surface area contributed by atoms with E-state index in [1.807, 2.05) is 4.90 Å². The van der Waals surface area contributed by atoms with Gasteiger partial charge in [-0.2, -0.15) is 10.1 Å². The first-order valence-electron chi connectivity index (χ1n) is 6.78. The number of hydrogen-bond acceptors (Lipinski definition) is 6. The summed E-state index contributed by atoms with van der Waals surface area (Å²) >= 11 is 2.83. The molecule has 0 N–H and O–H groups in total. The molecular formula is C12H16N4O2S2. The van der Waals surface area contributed by atoms with E-state index in [4.69, 9.17) is 0 Å². The molecule has 3 aliphatic heterocycles. The van der Waals surface area contributed by atoms with Gasteiger partial charge in [0, 0.05) is 26.1 Å². The van der Waals surface area contributed by atoms with Crippen molar-refractivity contribution in [3.05, 3.63) is 0 Å². The number of amides is 2. The highest BCUT2D eigenvalue weighted by Gasteiger charge is 2.27. The summed E-state index contributed by atoms with van der Waals surface area (Å²) in [6, 6.07) is 0. The molecule has 0 unspecified atom stereocenters. The van der Waals surface area contributed by atoms with Gasteiger partial charge in [-0.3, -0.25) is 9.59 Å². The molecule has 3 heterocycles. The van der Waals surface area contributed by atoms with Gasteiger partial charge in [0.25, 0.3) is 0 Å². The second-order valence-electron chi connectivity index (χ2n) is 4.86. The Kier molecular flexibility index (Phi) is 4.30. The average Bonchev–Trinajstić information content (AvgIpc) is 3.04. The Morgan fingerprint density at radius 3 is 2.85 bits per heavy atom. The second kappa shape index (κ2) is 6.17. The van der Waals surface area contributed by atoms with Crippen molar-refractivity contribution in [2.75, 3.05) is 25.4 Å². The van der Waals surface area contributed by atoms with Crippen LogP contribution in [-0.4, -0.2) is 56.7 Å². The minimum atomic E-state index is -0.0791. The zero-order valence-electron chi connectivity index (χ0n) is 11.1. The molecule has 0 aromatic rings. The molecule has 0 bridgehead atoms. The van der Waals surface area contributed by atoms with E-state index in [0.29, 0.717) is 17.3 Å². The van der Waals surface area contributed by atoms with Gasteiger partial charge in [-0.1, -0.05) is 11.8 Å². The molecule has 1 saturated heterocycles. The standard InChI is InChI=1S/C12H16N4O2S2/c17-9-4-3-7-16-11(13-9)20-12(14-16)19-8-10(18)15-5-1-2-6-15/h1-8H2. The Labute approximate surface area is 126 Å². The van der Waals surface area contributed by atoms with Crippen LogP contribution in [0.15, 0.2) is 10.1 Å². The maximum absolute atomic E-state index is 12.0. The van der Waals surface area contributed by atoms with Crippen LogP contribution in [0.5, 0.6) is 0 Å². The number of thioether (sulfide) groups is 2. The quantitative estimate of drug-likeness (QED) is 0.770. The van der Waals surface area contributed by atoms with Gasteiger partial charge in [0.15, 0.2) is 9.54 Å². The summed E-state index contributed by atoms with van der Waals surface area (Å²) in [5, 5.41) is 6.86. The lowest BCUT2D eigenvalue weighted by molar-refractivity contribution is -0.127. The predicted octanol–water partition coefficient (Wildman–Crippen LogP) is 1.34. The highest BCUT2D eigenvalue weighted by molar-refractivity contribution is 8.45. The predicted molar refractivity (Wildman–Crippen MR) is 81.7 cm³/mol. The number of carbonyl (C=O) groups is 2. The van der Waals surface area contributed by atoms with E-state index in [-0.39, 0.29) is 11.8 Å². The molecule has 108 valence electrons. The molecule has 6 nitrogen and oxygen atoms in total. The zero-order chi connectivity index (χ0) is 13.9. The number of fused-ring (bicyclic) bond motifs is 1. The van der Waals surface area contributed by atoms with Crippen molar-refractivity contribution in [3.63, 3.8) is 0 Å². The van der Waals surface area contributed by atoms with Gasteiger partial charge in [0.05, 0.1) is 5.75 Å². The van der Waals surface area contributed by atoms with Crippen molar-refractivity contribution >= 4 is 44.9 Å². The number of hydrogen-bond donors (Lipinski definition) is 0. The molecule has 3 aliphatic rings. The molecule has 0 spiro atoms. The molecule has 2 amide bonds. The zero-order valence-corrected chi connectivity index (χ0v) is 12.7. The number of aliphatic imine (C=N–C) groups is 1. The minimum absolute atomic E-state index is 0.0791. The van der Waals surface area contributed by atoms with E-state index < -0.39 is 0 Å². The molecule has 0 aromatic heterocycles. The Bertz CT molecular complexity index is 486. The third-order valence-electron chi connectivity index (χ3n) is 3.36. The number of rotatable bonds is 2. The van der Waals surface area contributed by atoms with Crippen molar-refractivity contribution in [2.24, 2.45) is 10.1 Å². The highest BCUT2D eigenvalue weighted by Crippen LogP contribution is 2.30. The Hall–Kier alpha value is -1.02. The summed E-state index contributed by atoms with van der Waals surface area (Å²) in [5.74, 6) is 0.515. The maximum Gasteiger partial charge on any atom is 0.248 e. The lowest BCUT2D eigenvalue weighted by Gasteiger charge is -2.14. The van der Waals surface area contributed by atoms with Crippen LogP contribution in [0, 0.1) is 0 Å². The van der Waals surface area contributed by atoms with Crippen LogP contribution in [0.1, 0.15) is 25.7 Å². The summed E-state index contributed by atoms with van der Waals surface area (Å²) in [7, 11) is 0. The van der Waals surface area contributed by atoms with E-state index in [1.165, 1.54) is 23.5 Å². The van der Waals surface area contributed by atoms with E-state index in [2.05, 4.69) is 10.1 Å². The first kappa shape index (κ1) is 13.9. The molecular weight excluding hydrogens is 296 g/mol. The molecule has 0 aromatic carbocycles. The van der Waals surface area contributed by atoms with Crippen molar-refractivity contribution in [3.8, 4) is 0 Å². The molecule has 0 atom stereocenters. The largest absolute Gasteiger partial charge is 0.342 e.